The van der Waals surface area contributed by atoms with Gasteiger partial charge in [0, 0.05) is 0 Å². The smallest absolute Gasteiger partial charge is 0.363 e. The van der Waals surface area contributed by atoms with E-state index in [9.17, 15) is 0 Å². The SMILES string of the molecule is CC1=CC(OB(C2CCCCC2)C2CCCCC2)=CCC1. The van der Waals surface area contributed by atoms with Crippen molar-refractivity contribution in [2.45, 2.75) is 95.6 Å². The van der Waals surface area contributed by atoms with E-state index in [1.165, 1.54) is 88.4 Å². The molecule has 3 rings (SSSR count). The Kier molecular flexibility index (Phi) is 5.49. The summed E-state index contributed by atoms with van der Waals surface area (Å²) in [7, 11) is 0. The largest absolute Gasteiger partial charge is 0.560 e. The summed E-state index contributed by atoms with van der Waals surface area (Å²) >= 11 is 0. The third-order valence-corrected chi connectivity index (χ3v) is 5.77. The molecule has 0 unspecified atom stereocenters. The first-order chi connectivity index (χ1) is 10.3. The highest BCUT2D eigenvalue weighted by atomic mass is 16.4. The fraction of sp³-hybridized carbons (Fsp3) is 0.789. The summed E-state index contributed by atoms with van der Waals surface area (Å²) < 4.78 is 6.63. The molecule has 0 spiro atoms. The van der Waals surface area contributed by atoms with Crippen LogP contribution in [0.25, 0.3) is 0 Å². The van der Waals surface area contributed by atoms with Gasteiger partial charge in [0.1, 0.15) is 0 Å². The van der Waals surface area contributed by atoms with Crippen molar-refractivity contribution in [3.05, 3.63) is 23.5 Å². The van der Waals surface area contributed by atoms with E-state index >= 15 is 0 Å². The molecule has 2 heteroatoms. The maximum Gasteiger partial charge on any atom is 0.363 e. The molecule has 21 heavy (non-hydrogen) atoms. The summed E-state index contributed by atoms with van der Waals surface area (Å²) in [6.07, 6.45) is 21.2. The van der Waals surface area contributed by atoms with Crippen LogP contribution in [0, 0.1) is 0 Å². The molecule has 1 nitrogen and oxygen atoms in total. The third-order valence-electron chi connectivity index (χ3n) is 5.77. The van der Waals surface area contributed by atoms with Gasteiger partial charge in [0.25, 0.3) is 0 Å². The van der Waals surface area contributed by atoms with Crippen molar-refractivity contribution in [1.82, 2.24) is 0 Å². The van der Waals surface area contributed by atoms with Crippen LogP contribution in [0.1, 0.15) is 84.0 Å². The molecule has 0 saturated heterocycles. The normalized spacial score (nSPS) is 25.2. The Morgan fingerprint density at radius 3 is 2.00 bits per heavy atom. The highest BCUT2D eigenvalue weighted by molar-refractivity contribution is 6.55. The second kappa shape index (κ2) is 7.56. The Bertz CT molecular complexity index is 368. The van der Waals surface area contributed by atoms with Crippen LogP contribution in [0.5, 0.6) is 0 Å². The van der Waals surface area contributed by atoms with Crippen molar-refractivity contribution >= 4 is 6.92 Å². The monoisotopic (exact) mass is 286 g/mol. The molecule has 0 amide bonds. The predicted molar refractivity (Wildman–Crippen MR) is 91.6 cm³/mol. The Labute approximate surface area is 131 Å². The molecule has 0 bridgehead atoms. The number of rotatable bonds is 4. The van der Waals surface area contributed by atoms with E-state index in [1.54, 1.807) is 0 Å². The van der Waals surface area contributed by atoms with Crippen LogP contribution in [-0.4, -0.2) is 6.92 Å². The van der Waals surface area contributed by atoms with Crippen LogP contribution in [0.4, 0.5) is 0 Å². The van der Waals surface area contributed by atoms with Gasteiger partial charge in [-0.15, -0.1) is 0 Å². The first-order valence-electron chi connectivity index (χ1n) is 9.37. The lowest BCUT2D eigenvalue weighted by Gasteiger charge is -2.35. The van der Waals surface area contributed by atoms with Crippen LogP contribution < -0.4 is 0 Å². The second-order valence-electron chi connectivity index (χ2n) is 7.51. The highest BCUT2D eigenvalue weighted by Gasteiger charge is 2.38. The van der Waals surface area contributed by atoms with Crippen molar-refractivity contribution in [2.75, 3.05) is 0 Å². The lowest BCUT2D eigenvalue weighted by Crippen LogP contribution is -2.33. The van der Waals surface area contributed by atoms with Gasteiger partial charge in [0.05, 0.1) is 5.76 Å². The zero-order valence-electron chi connectivity index (χ0n) is 13.8. The molecular formula is C19H31BO. The van der Waals surface area contributed by atoms with Crippen LogP contribution >= 0.6 is 0 Å². The minimum atomic E-state index is 0.499. The molecule has 3 aliphatic carbocycles. The first-order valence-corrected chi connectivity index (χ1v) is 9.37. The van der Waals surface area contributed by atoms with Gasteiger partial charge >= 0.3 is 6.92 Å². The first kappa shape index (κ1) is 15.2. The molecule has 3 aliphatic rings. The lowest BCUT2D eigenvalue weighted by atomic mass is 9.41. The summed E-state index contributed by atoms with van der Waals surface area (Å²) in [5, 5.41) is 0. The average Bonchev–Trinajstić information content (AvgIpc) is 2.54. The van der Waals surface area contributed by atoms with Crippen molar-refractivity contribution in [1.29, 1.82) is 0 Å². The molecule has 0 atom stereocenters. The molecule has 0 aromatic carbocycles. The summed E-state index contributed by atoms with van der Waals surface area (Å²) in [5.41, 5.74) is 1.48. The van der Waals surface area contributed by atoms with Gasteiger partial charge in [-0.1, -0.05) is 69.8 Å². The minimum Gasteiger partial charge on any atom is -0.560 e. The van der Waals surface area contributed by atoms with E-state index in [4.69, 9.17) is 4.65 Å². The molecule has 2 saturated carbocycles. The molecule has 0 N–H and O–H groups in total. The van der Waals surface area contributed by atoms with Gasteiger partial charge < -0.3 is 4.65 Å². The second-order valence-corrected chi connectivity index (χ2v) is 7.51. The Balaban J connectivity index is 1.69. The maximum atomic E-state index is 6.63. The predicted octanol–water partition coefficient (Wildman–Crippen LogP) is 6.29. The number of hydrogen-bond donors (Lipinski definition) is 0. The quantitative estimate of drug-likeness (QED) is 0.552. The molecule has 0 radical (unpaired) electrons. The fourth-order valence-corrected chi connectivity index (χ4v) is 4.56. The molecule has 2 fully saturated rings. The standard InChI is InChI=1S/C19H31BO/c1-16-9-8-14-19(15-16)21-20(17-10-4-2-5-11-17)18-12-6-3-7-13-18/h14-15,17-18H,2-13H2,1H3. The molecule has 0 aromatic rings. The van der Waals surface area contributed by atoms with Crippen molar-refractivity contribution in [3.8, 4) is 0 Å². The Morgan fingerprint density at radius 1 is 0.905 bits per heavy atom. The molecule has 0 aliphatic heterocycles. The van der Waals surface area contributed by atoms with Gasteiger partial charge in [-0.3, -0.25) is 0 Å². The van der Waals surface area contributed by atoms with E-state index < -0.39 is 0 Å². The number of allylic oxidation sites excluding steroid dienone is 3. The highest BCUT2D eigenvalue weighted by Crippen LogP contribution is 2.42. The van der Waals surface area contributed by atoms with Crippen molar-refractivity contribution in [3.63, 3.8) is 0 Å². The van der Waals surface area contributed by atoms with E-state index in [0.29, 0.717) is 6.92 Å². The van der Waals surface area contributed by atoms with E-state index in [0.717, 1.165) is 11.6 Å². The minimum absolute atomic E-state index is 0.499. The van der Waals surface area contributed by atoms with E-state index in [1.807, 2.05) is 0 Å². The molecule has 0 heterocycles. The van der Waals surface area contributed by atoms with Gasteiger partial charge in [-0.05, 0) is 43.6 Å². The van der Waals surface area contributed by atoms with Crippen LogP contribution in [0.2, 0.25) is 11.6 Å². The van der Waals surface area contributed by atoms with Gasteiger partial charge in [-0.25, -0.2) is 0 Å². The van der Waals surface area contributed by atoms with Crippen LogP contribution in [-0.2, 0) is 4.65 Å². The van der Waals surface area contributed by atoms with E-state index in [2.05, 4.69) is 19.1 Å². The van der Waals surface area contributed by atoms with Crippen LogP contribution in [0.3, 0.4) is 0 Å². The molecule has 0 aromatic heterocycles. The lowest BCUT2D eigenvalue weighted by molar-refractivity contribution is 0.360. The van der Waals surface area contributed by atoms with Gasteiger partial charge in [0.2, 0.25) is 0 Å². The Hall–Kier alpha value is -0.655. The van der Waals surface area contributed by atoms with Crippen molar-refractivity contribution < 1.29 is 4.65 Å². The maximum absolute atomic E-state index is 6.63. The molecule has 116 valence electrons. The summed E-state index contributed by atoms with van der Waals surface area (Å²) in [6.45, 7) is 2.74. The summed E-state index contributed by atoms with van der Waals surface area (Å²) in [6, 6.07) is 0. The number of hydrogen-bond acceptors (Lipinski definition) is 1. The van der Waals surface area contributed by atoms with Gasteiger partial charge in [-0.2, -0.15) is 0 Å². The summed E-state index contributed by atoms with van der Waals surface area (Å²) in [4.78, 5) is 0. The van der Waals surface area contributed by atoms with Gasteiger partial charge in [0.15, 0.2) is 0 Å². The van der Waals surface area contributed by atoms with Crippen molar-refractivity contribution in [2.24, 2.45) is 0 Å². The van der Waals surface area contributed by atoms with Crippen LogP contribution in [0.15, 0.2) is 23.5 Å². The van der Waals surface area contributed by atoms with E-state index in [-0.39, 0.29) is 0 Å². The topological polar surface area (TPSA) is 9.23 Å². The zero-order chi connectivity index (χ0) is 14.5. The molecular weight excluding hydrogens is 255 g/mol. The Morgan fingerprint density at radius 2 is 1.48 bits per heavy atom. The third kappa shape index (κ3) is 4.17. The average molecular weight is 286 g/mol. The zero-order valence-corrected chi connectivity index (χ0v) is 13.8. The summed E-state index contributed by atoms with van der Waals surface area (Å²) in [5.74, 6) is 2.82. The fourth-order valence-electron chi connectivity index (χ4n) is 4.56.